The molecule has 0 saturated carbocycles. The minimum Gasteiger partial charge on any atom is -0.481 e. The van der Waals surface area contributed by atoms with Gasteiger partial charge >= 0.3 is 5.97 Å². The van der Waals surface area contributed by atoms with Crippen molar-refractivity contribution in [1.29, 1.82) is 0 Å². The summed E-state index contributed by atoms with van der Waals surface area (Å²) in [5.41, 5.74) is 2.94. The number of nitrogens with zero attached hydrogens (tertiary/aromatic N) is 1. The van der Waals surface area contributed by atoms with Crippen LogP contribution in [0, 0.1) is 0 Å². The number of aromatic amines is 1. The van der Waals surface area contributed by atoms with Gasteiger partial charge in [0.2, 0.25) is 0 Å². The third-order valence-corrected chi connectivity index (χ3v) is 2.54. The monoisotopic (exact) mass is 230 g/mol. The number of nitrogens with one attached hydrogen (secondary N) is 1. The molecule has 1 aromatic heterocycles. The quantitative estimate of drug-likeness (QED) is 0.829. The number of rotatable bonds is 5. The van der Waals surface area contributed by atoms with Crippen molar-refractivity contribution in [3.05, 3.63) is 42.1 Å². The number of carboxylic acid groups (broad SMARTS) is 1. The van der Waals surface area contributed by atoms with Crippen LogP contribution in [0.3, 0.4) is 0 Å². The van der Waals surface area contributed by atoms with Crippen LogP contribution in [0.1, 0.15) is 18.5 Å². The van der Waals surface area contributed by atoms with Crippen molar-refractivity contribution in [3.8, 4) is 11.3 Å². The molecule has 17 heavy (non-hydrogen) atoms. The third kappa shape index (κ3) is 3.17. The summed E-state index contributed by atoms with van der Waals surface area (Å²) in [7, 11) is 0. The van der Waals surface area contributed by atoms with Crippen LogP contribution in [0.2, 0.25) is 0 Å². The van der Waals surface area contributed by atoms with Gasteiger partial charge in [-0.15, -0.1) is 0 Å². The van der Waals surface area contributed by atoms with Crippen LogP contribution in [-0.2, 0) is 11.2 Å². The second kappa shape index (κ2) is 5.30. The minimum atomic E-state index is -0.757. The number of aliphatic carboxylic acids is 1. The second-order valence-electron chi connectivity index (χ2n) is 3.89. The van der Waals surface area contributed by atoms with E-state index in [0.717, 1.165) is 17.0 Å². The lowest BCUT2D eigenvalue weighted by atomic mass is 10.1. The van der Waals surface area contributed by atoms with Gasteiger partial charge in [-0.25, -0.2) is 0 Å². The first kappa shape index (κ1) is 11.4. The maximum atomic E-state index is 10.4. The van der Waals surface area contributed by atoms with Gasteiger partial charge in [0, 0.05) is 17.7 Å². The SMILES string of the molecule is O=C(O)CCCc1cc(-c2ccccc2)n[nH]1. The molecule has 0 bridgehead atoms. The molecule has 0 amide bonds. The van der Waals surface area contributed by atoms with E-state index in [1.54, 1.807) is 0 Å². The van der Waals surface area contributed by atoms with Gasteiger partial charge in [-0.1, -0.05) is 30.3 Å². The molecule has 0 saturated heterocycles. The van der Waals surface area contributed by atoms with E-state index in [-0.39, 0.29) is 6.42 Å². The molecule has 0 aliphatic carbocycles. The average Bonchev–Trinajstić information content (AvgIpc) is 2.78. The Morgan fingerprint density at radius 2 is 2.06 bits per heavy atom. The summed E-state index contributed by atoms with van der Waals surface area (Å²) in [4.78, 5) is 10.4. The van der Waals surface area contributed by atoms with E-state index in [9.17, 15) is 4.79 Å². The molecule has 1 heterocycles. The third-order valence-electron chi connectivity index (χ3n) is 2.54. The molecule has 88 valence electrons. The fourth-order valence-electron chi connectivity index (χ4n) is 1.68. The number of hydrogen-bond acceptors (Lipinski definition) is 2. The molecule has 2 aromatic rings. The molecule has 0 aliphatic heterocycles. The van der Waals surface area contributed by atoms with E-state index in [1.807, 2.05) is 36.4 Å². The van der Waals surface area contributed by atoms with Gasteiger partial charge in [-0.2, -0.15) is 5.10 Å². The zero-order chi connectivity index (χ0) is 12.1. The first-order chi connectivity index (χ1) is 8.25. The molecule has 2 N–H and O–H groups in total. The first-order valence-corrected chi connectivity index (χ1v) is 5.57. The van der Waals surface area contributed by atoms with Gasteiger partial charge in [-0.3, -0.25) is 9.89 Å². The van der Waals surface area contributed by atoms with Crippen LogP contribution in [-0.4, -0.2) is 21.3 Å². The van der Waals surface area contributed by atoms with Crippen LogP contribution in [0.4, 0.5) is 0 Å². The molecule has 4 heteroatoms. The number of carbonyl (C=O) groups is 1. The highest BCUT2D eigenvalue weighted by molar-refractivity contribution is 5.66. The normalized spacial score (nSPS) is 10.4. The lowest BCUT2D eigenvalue weighted by molar-refractivity contribution is -0.137. The van der Waals surface area contributed by atoms with Crippen molar-refractivity contribution >= 4 is 5.97 Å². The van der Waals surface area contributed by atoms with E-state index in [4.69, 9.17) is 5.11 Å². The standard InChI is InChI=1S/C13H14N2O2/c16-13(17)8-4-7-11-9-12(15-14-11)10-5-2-1-3-6-10/h1-3,5-6,9H,4,7-8H2,(H,14,15)(H,16,17). The van der Waals surface area contributed by atoms with Gasteiger partial charge in [0.05, 0.1) is 5.69 Å². The lowest BCUT2D eigenvalue weighted by Gasteiger charge is -1.94. The number of aromatic nitrogens is 2. The molecule has 0 atom stereocenters. The van der Waals surface area contributed by atoms with Crippen molar-refractivity contribution < 1.29 is 9.90 Å². The van der Waals surface area contributed by atoms with Crippen molar-refractivity contribution in [2.24, 2.45) is 0 Å². The number of benzene rings is 1. The van der Waals surface area contributed by atoms with E-state index in [2.05, 4.69) is 10.2 Å². The van der Waals surface area contributed by atoms with Gasteiger partial charge in [0.1, 0.15) is 0 Å². The summed E-state index contributed by atoms with van der Waals surface area (Å²) in [5.74, 6) is -0.757. The van der Waals surface area contributed by atoms with Gasteiger partial charge in [-0.05, 0) is 18.9 Å². The number of hydrogen-bond donors (Lipinski definition) is 2. The maximum absolute atomic E-state index is 10.4. The van der Waals surface area contributed by atoms with Gasteiger partial charge in [0.25, 0.3) is 0 Å². The van der Waals surface area contributed by atoms with Crippen LogP contribution < -0.4 is 0 Å². The van der Waals surface area contributed by atoms with Gasteiger partial charge in [0.15, 0.2) is 0 Å². The molecule has 0 aliphatic rings. The van der Waals surface area contributed by atoms with Crippen LogP contribution in [0.25, 0.3) is 11.3 Å². The maximum Gasteiger partial charge on any atom is 0.303 e. The first-order valence-electron chi connectivity index (χ1n) is 5.57. The zero-order valence-corrected chi connectivity index (χ0v) is 9.39. The summed E-state index contributed by atoms with van der Waals surface area (Å²) in [6.07, 6.45) is 1.54. The molecule has 4 nitrogen and oxygen atoms in total. The molecule has 0 spiro atoms. The Morgan fingerprint density at radius 1 is 1.29 bits per heavy atom. The summed E-state index contributed by atoms with van der Waals surface area (Å²) in [6, 6.07) is 11.9. The van der Waals surface area contributed by atoms with Crippen LogP contribution in [0.15, 0.2) is 36.4 Å². The van der Waals surface area contributed by atoms with Crippen molar-refractivity contribution in [2.45, 2.75) is 19.3 Å². The van der Waals surface area contributed by atoms with Crippen LogP contribution in [0.5, 0.6) is 0 Å². The summed E-state index contributed by atoms with van der Waals surface area (Å²) < 4.78 is 0. The highest BCUT2D eigenvalue weighted by Crippen LogP contribution is 2.17. The van der Waals surface area contributed by atoms with Crippen molar-refractivity contribution in [1.82, 2.24) is 10.2 Å². The number of carboxylic acids is 1. The fraction of sp³-hybridized carbons (Fsp3) is 0.231. The number of aryl methyl sites for hydroxylation is 1. The molecule has 2 rings (SSSR count). The Labute approximate surface area is 99.3 Å². The summed E-state index contributed by atoms with van der Waals surface area (Å²) >= 11 is 0. The Morgan fingerprint density at radius 3 is 2.76 bits per heavy atom. The molecule has 0 unspecified atom stereocenters. The predicted molar refractivity (Wildman–Crippen MR) is 64.6 cm³/mol. The van der Waals surface area contributed by atoms with Crippen molar-refractivity contribution in [2.75, 3.05) is 0 Å². The molecule has 0 fully saturated rings. The highest BCUT2D eigenvalue weighted by Gasteiger charge is 2.04. The summed E-state index contributed by atoms with van der Waals surface area (Å²) in [5, 5.41) is 15.7. The van der Waals surface area contributed by atoms with Crippen LogP contribution >= 0.6 is 0 Å². The second-order valence-corrected chi connectivity index (χ2v) is 3.89. The molecular formula is C13H14N2O2. The fourth-order valence-corrected chi connectivity index (χ4v) is 1.68. The van der Waals surface area contributed by atoms with E-state index in [1.165, 1.54) is 0 Å². The number of H-pyrrole nitrogens is 1. The Balaban J connectivity index is 1.99. The molecule has 0 radical (unpaired) electrons. The Hall–Kier alpha value is -2.10. The summed E-state index contributed by atoms with van der Waals surface area (Å²) in [6.45, 7) is 0. The molecular weight excluding hydrogens is 216 g/mol. The topological polar surface area (TPSA) is 66.0 Å². The Kier molecular flexibility index (Phi) is 3.55. The van der Waals surface area contributed by atoms with E-state index < -0.39 is 5.97 Å². The zero-order valence-electron chi connectivity index (χ0n) is 9.39. The average molecular weight is 230 g/mol. The lowest BCUT2D eigenvalue weighted by Crippen LogP contribution is -1.95. The Bertz CT molecular complexity index is 491. The highest BCUT2D eigenvalue weighted by atomic mass is 16.4. The molecule has 1 aromatic carbocycles. The van der Waals surface area contributed by atoms with Gasteiger partial charge < -0.3 is 5.11 Å². The minimum absolute atomic E-state index is 0.194. The van der Waals surface area contributed by atoms with E-state index in [0.29, 0.717) is 12.8 Å². The van der Waals surface area contributed by atoms with E-state index >= 15 is 0 Å². The largest absolute Gasteiger partial charge is 0.481 e. The van der Waals surface area contributed by atoms with Crippen molar-refractivity contribution in [3.63, 3.8) is 0 Å². The predicted octanol–water partition coefficient (Wildman–Crippen LogP) is 2.48. The smallest absolute Gasteiger partial charge is 0.303 e.